The molecule has 0 spiro atoms. The summed E-state index contributed by atoms with van der Waals surface area (Å²) < 4.78 is 6.97. The highest BCUT2D eigenvalue weighted by Gasteiger charge is 2.12. The summed E-state index contributed by atoms with van der Waals surface area (Å²) in [5, 5.41) is 14.1. The van der Waals surface area contributed by atoms with E-state index in [0.29, 0.717) is 10.7 Å². The molecule has 3 aromatic rings. The molecule has 0 aliphatic carbocycles. The van der Waals surface area contributed by atoms with Crippen molar-refractivity contribution in [1.29, 1.82) is 5.26 Å². The van der Waals surface area contributed by atoms with Crippen LogP contribution in [0.15, 0.2) is 54.6 Å². The normalized spacial score (nSPS) is 10.2. The van der Waals surface area contributed by atoms with Crippen molar-refractivity contribution in [3.8, 4) is 28.8 Å². The van der Waals surface area contributed by atoms with Crippen LogP contribution in [0.4, 0.5) is 0 Å². The molecule has 0 N–H and O–H groups in total. The molecule has 1 aromatic heterocycles. The summed E-state index contributed by atoms with van der Waals surface area (Å²) in [4.78, 5) is 0. The Balaban J connectivity index is 2.16. The van der Waals surface area contributed by atoms with E-state index in [2.05, 4.69) is 11.2 Å². The largest absolute Gasteiger partial charge is 0.497 e. The predicted molar refractivity (Wildman–Crippen MR) is 85.3 cm³/mol. The Kier molecular flexibility index (Phi) is 3.82. The number of benzene rings is 2. The van der Waals surface area contributed by atoms with E-state index in [0.717, 1.165) is 22.7 Å². The van der Waals surface area contributed by atoms with Gasteiger partial charge in [-0.05, 0) is 24.3 Å². The highest BCUT2D eigenvalue weighted by molar-refractivity contribution is 6.30. The van der Waals surface area contributed by atoms with E-state index in [-0.39, 0.29) is 0 Å². The molecule has 0 amide bonds. The summed E-state index contributed by atoms with van der Waals surface area (Å²) >= 11 is 5.94. The first-order valence-corrected chi connectivity index (χ1v) is 6.99. The Labute approximate surface area is 133 Å². The number of nitriles is 1. The van der Waals surface area contributed by atoms with E-state index in [1.54, 1.807) is 17.9 Å². The van der Waals surface area contributed by atoms with Crippen LogP contribution in [0.5, 0.6) is 5.75 Å². The second-order valence-corrected chi connectivity index (χ2v) is 5.08. The summed E-state index contributed by atoms with van der Waals surface area (Å²) in [6, 6.07) is 18.8. The molecule has 3 rings (SSSR count). The van der Waals surface area contributed by atoms with Crippen LogP contribution in [0.1, 0.15) is 5.69 Å². The summed E-state index contributed by atoms with van der Waals surface area (Å²) in [6.07, 6.45) is 0. The highest BCUT2D eigenvalue weighted by atomic mass is 35.5. The van der Waals surface area contributed by atoms with E-state index >= 15 is 0 Å². The van der Waals surface area contributed by atoms with E-state index in [1.165, 1.54) is 0 Å². The molecule has 5 heteroatoms. The Morgan fingerprint density at radius 2 is 1.91 bits per heavy atom. The first-order valence-electron chi connectivity index (χ1n) is 6.62. The minimum absolute atomic E-state index is 0.354. The predicted octanol–water partition coefficient (Wildman–Crippen LogP) is 4.07. The lowest BCUT2D eigenvalue weighted by Crippen LogP contribution is -1.99. The molecule has 1 heterocycles. The second kappa shape index (κ2) is 5.92. The van der Waals surface area contributed by atoms with E-state index in [9.17, 15) is 0 Å². The van der Waals surface area contributed by atoms with Gasteiger partial charge in [0, 0.05) is 22.7 Å². The maximum Gasteiger partial charge on any atom is 0.163 e. The van der Waals surface area contributed by atoms with Gasteiger partial charge in [0.15, 0.2) is 5.69 Å². The molecule has 0 saturated carbocycles. The molecule has 0 aliphatic rings. The number of methoxy groups -OCH3 is 1. The molecular formula is C17H12ClN3O. The zero-order chi connectivity index (χ0) is 15.5. The van der Waals surface area contributed by atoms with E-state index in [1.807, 2.05) is 48.5 Å². The fraction of sp³-hybridized carbons (Fsp3) is 0.0588. The average molecular weight is 310 g/mol. The number of halogens is 1. The molecule has 22 heavy (non-hydrogen) atoms. The van der Waals surface area contributed by atoms with Gasteiger partial charge >= 0.3 is 0 Å². The molecule has 108 valence electrons. The van der Waals surface area contributed by atoms with Crippen molar-refractivity contribution in [2.45, 2.75) is 0 Å². The minimum Gasteiger partial charge on any atom is -0.497 e. The lowest BCUT2D eigenvalue weighted by molar-refractivity contribution is 0.414. The summed E-state index contributed by atoms with van der Waals surface area (Å²) in [6.45, 7) is 0. The van der Waals surface area contributed by atoms with Crippen LogP contribution in [-0.4, -0.2) is 16.9 Å². The van der Waals surface area contributed by atoms with Crippen LogP contribution in [0.2, 0.25) is 5.02 Å². The smallest absolute Gasteiger partial charge is 0.163 e. The van der Waals surface area contributed by atoms with Crippen molar-refractivity contribution >= 4 is 11.6 Å². The van der Waals surface area contributed by atoms with Crippen LogP contribution in [-0.2, 0) is 0 Å². The molecule has 0 fully saturated rings. The molecule has 2 aromatic carbocycles. The van der Waals surface area contributed by atoms with Gasteiger partial charge in [0.25, 0.3) is 0 Å². The van der Waals surface area contributed by atoms with E-state index in [4.69, 9.17) is 21.6 Å². The standard InChI is InChI=1S/C17H12ClN3O/c1-22-16-4-2-3-15(10-16)21-17(9-14(11-19)20-21)12-5-7-13(18)8-6-12/h2-10H,1H3. The Morgan fingerprint density at radius 3 is 2.59 bits per heavy atom. The van der Waals surface area contributed by atoms with Crippen LogP contribution >= 0.6 is 11.6 Å². The van der Waals surface area contributed by atoms with Gasteiger partial charge in [0.05, 0.1) is 18.5 Å². The molecule has 0 atom stereocenters. The lowest BCUT2D eigenvalue weighted by Gasteiger charge is -2.09. The van der Waals surface area contributed by atoms with E-state index < -0.39 is 0 Å². The average Bonchev–Trinajstić information content (AvgIpc) is 3.00. The number of ether oxygens (including phenoxy) is 1. The van der Waals surface area contributed by atoms with Crippen molar-refractivity contribution in [2.24, 2.45) is 0 Å². The van der Waals surface area contributed by atoms with Crippen molar-refractivity contribution < 1.29 is 4.74 Å². The third-order valence-electron chi connectivity index (χ3n) is 3.26. The van der Waals surface area contributed by atoms with Crippen molar-refractivity contribution in [3.05, 3.63) is 65.3 Å². The molecule has 0 aliphatic heterocycles. The Morgan fingerprint density at radius 1 is 1.14 bits per heavy atom. The lowest BCUT2D eigenvalue weighted by atomic mass is 10.1. The maximum atomic E-state index is 9.14. The van der Waals surface area contributed by atoms with Gasteiger partial charge in [-0.2, -0.15) is 10.4 Å². The van der Waals surface area contributed by atoms with Gasteiger partial charge in [0.2, 0.25) is 0 Å². The van der Waals surface area contributed by atoms with Gasteiger partial charge in [-0.3, -0.25) is 0 Å². The van der Waals surface area contributed by atoms with Crippen LogP contribution in [0.25, 0.3) is 16.9 Å². The van der Waals surface area contributed by atoms with Gasteiger partial charge < -0.3 is 4.74 Å². The first-order chi connectivity index (χ1) is 10.7. The fourth-order valence-electron chi connectivity index (χ4n) is 2.20. The third-order valence-corrected chi connectivity index (χ3v) is 3.51. The van der Waals surface area contributed by atoms with Gasteiger partial charge in [-0.15, -0.1) is 0 Å². The van der Waals surface area contributed by atoms with Crippen LogP contribution < -0.4 is 4.74 Å². The Bertz CT molecular complexity index is 847. The minimum atomic E-state index is 0.354. The van der Waals surface area contributed by atoms with Crippen molar-refractivity contribution in [1.82, 2.24) is 9.78 Å². The van der Waals surface area contributed by atoms with Crippen molar-refractivity contribution in [3.63, 3.8) is 0 Å². The molecule has 0 unspecified atom stereocenters. The second-order valence-electron chi connectivity index (χ2n) is 4.65. The van der Waals surface area contributed by atoms with Crippen LogP contribution in [0, 0.1) is 11.3 Å². The number of nitrogens with zero attached hydrogens (tertiary/aromatic N) is 3. The molecule has 0 saturated heterocycles. The topological polar surface area (TPSA) is 50.8 Å². The fourth-order valence-corrected chi connectivity index (χ4v) is 2.33. The summed E-state index contributed by atoms with van der Waals surface area (Å²) in [5.74, 6) is 0.730. The maximum absolute atomic E-state index is 9.14. The number of hydrogen-bond acceptors (Lipinski definition) is 3. The molecule has 0 bridgehead atoms. The number of rotatable bonds is 3. The molecular weight excluding hydrogens is 298 g/mol. The number of hydrogen-bond donors (Lipinski definition) is 0. The monoisotopic (exact) mass is 309 g/mol. The SMILES string of the molecule is COc1cccc(-n2nc(C#N)cc2-c2ccc(Cl)cc2)c1. The molecule has 0 radical (unpaired) electrons. The van der Waals surface area contributed by atoms with Gasteiger partial charge in [-0.25, -0.2) is 4.68 Å². The molecule has 4 nitrogen and oxygen atoms in total. The Hall–Kier alpha value is -2.77. The van der Waals surface area contributed by atoms with Gasteiger partial charge in [-0.1, -0.05) is 29.8 Å². The highest BCUT2D eigenvalue weighted by Crippen LogP contribution is 2.26. The zero-order valence-electron chi connectivity index (χ0n) is 11.8. The number of aromatic nitrogens is 2. The summed E-state index contributed by atoms with van der Waals surface area (Å²) in [7, 11) is 1.61. The third kappa shape index (κ3) is 2.67. The van der Waals surface area contributed by atoms with Crippen LogP contribution in [0.3, 0.4) is 0 Å². The van der Waals surface area contributed by atoms with Gasteiger partial charge in [0.1, 0.15) is 11.8 Å². The van der Waals surface area contributed by atoms with Crippen molar-refractivity contribution in [2.75, 3.05) is 7.11 Å². The zero-order valence-corrected chi connectivity index (χ0v) is 12.6. The first kappa shape index (κ1) is 14.2. The quantitative estimate of drug-likeness (QED) is 0.732. The summed E-state index contributed by atoms with van der Waals surface area (Å²) in [5.41, 5.74) is 2.93.